The highest BCUT2D eigenvalue weighted by molar-refractivity contribution is 5.94. The Labute approximate surface area is 159 Å². The summed E-state index contributed by atoms with van der Waals surface area (Å²) in [6, 6.07) is 7.74. The van der Waals surface area contributed by atoms with Crippen LogP contribution in [0.25, 0.3) is 0 Å². The smallest absolute Gasteiger partial charge is 0.255 e. The Morgan fingerprint density at radius 3 is 2.85 bits per heavy atom. The van der Waals surface area contributed by atoms with E-state index in [0.717, 1.165) is 30.5 Å². The number of fused-ring (bicyclic) bond motifs is 2. The maximum Gasteiger partial charge on any atom is 0.255 e. The van der Waals surface area contributed by atoms with Crippen LogP contribution in [0.4, 0.5) is 0 Å². The molecule has 3 heterocycles. The maximum absolute atomic E-state index is 13.1. The standard InChI is InChI=1S/C21H25N3O3/c1-2-17-4-3-16(13-23-17)21(25)24-11-12-26-19-6-5-18(24)20(19)27-14-15-7-9-22-10-8-15/h3-4,7-10,13,18-20H,2,5-6,11-12,14H2,1H3/t18-,19-,20-/m0/s1. The van der Waals surface area contributed by atoms with E-state index in [1.54, 1.807) is 18.6 Å². The van der Waals surface area contributed by atoms with Gasteiger partial charge in [0, 0.05) is 30.8 Å². The second-order valence-corrected chi connectivity index (χ2v) is 7.08. The first-order valence-electron chi connectivity index (χ1n) is 9.64. The van der Waals surface area contributed by atoms with Crippen LogP contribution in [0, 0.1) is 0 Å². The number of aryl methyl sites for hydroxylation is 1. The lowest BCUT2D eigenvalue weighted by Gasteiger charge is -2.31. The molecule has 0 radical (unpaired) electrons. The minimum atomic E-state index is -0.104. The summed E-state index contributed by atoms with van der Waals surface area (Å²) in [5, 5.41) is 0. The minimum Gasteiger partial charge on any atom is -0.374 e. The molecule has 2 aromatic heterocycles. The molecule has 2 bridgehead atoms. The summed E-state index contributed by atoms with van der Waals surface area (Å²) in [5.74, 6) is 0.0128. The quantitative estimate of drug-likeness (QED) is 0.813. The van der Waals surface area contributed by atoms with Gasteiger partial charge in [0.1, 0.15) is 6.10 Å². The van der Waals surface area contributed by atoms with E-state index in [1.807, 2.05) is 29.2 Å². The fraction of sp³-hybridized carbons (Fsp3) is 0.476. The van der Waals surface area contributed by atoms with Crippen LogP contribution in [0.2, 0.25) is 0 Å². The Bertz CT molecular complexity index is 766. The van der Waals surface area contributed by atoms with Gasteiger partial charge in [-0.3, -0.25) is 14.8 Å². The number of pyridine rings is 2. The Morgan fingerprint density at radius 2 is 2.11 bits per heavy atom. The molecular formula is C21H25N3O3. The second-order valence-electron chi connectivity index (χ2n) is 7.08. The van der Waals surface area contributed by atoms with Gasteiger partial charge in [0.05, 0.1) is 30.9 Å². The molecule has 27 heavy (non-hydrogen) atoms. The molecule has 1 amide bonds. The Morgan fingerprint density at radius 1 is 1.26 bits per heavy atom. The molecule has 0 N–H and O–H groups in total. The highest BCUT2D eigenvalue weighted by Gasteiger charge is 2.44. The van der Waals surface area contributed by atoms with E-state index < -0.39 is 0 Å². The van der Waals surface area contributed by atoms with Gasteiger partial charge in [-0.25, -0.2) is 0 Å². The van der Waals surface area contributed by atoms with Crippen LogP contribution in [-0.2, 0) is 22.5 Å². The van der Waals surface area contributed by atoms with E-state index in [-0.39, 0.29) is 24.2 Å². The first-order valence-corrected chi connectivity index (χ1v) is 9.64. The second kappa shape index (κ2) is 8.15. The summed E-state index contributed by atoms with van der Waals surface area (Å²) >= 11 is 0. The van der Waals surface area contributed by atoms with Crippen LogP contribution in [0.5, 0.6) is 0 Å². The summed E-state index contributed by atoms with van der Waals surface area (Å²) in [7, 11) is 0. The third-order valence-corrected chi connectivity index (χ3v) is 5.44. The fourth-order valence-corrected chi connectivity index (χ4v) is 3.96. The van der Waals surface area contributed by atoms with Crippen molar-refractivity contribution in [2.24, 2.45) is 0 Å². The average molecular weight is 367 g/mol. The molecule has 0 unspecified atom stereocenters. The molecule has 0 spiro atoms. The van der Waals surface area contributed by atoms with Gasteiger partial charge in [0.2, 0.25) is 0 Å². The summed E-state index contributed by atoms with van der Waals surface area (Å²) < 4.78 is 12.2. The summed E-state index contributed by atoms with van der Waals surface area (Å²) in [4.78, 5) is 23.5. The zero-order chi connectivity index (χ0) is 18.6. The van der Waals surface area contributed by atoms with Crippen molar-refractivity contribution in [2.75, 3.05) is 13.2 Å². The van der Waals surface area contributed by atoms with Crippen molar-refractivity contribution >= 4 is 5.91 Å². The number of rotatable bonds is 5. The fourth-order valence-electron chi connectivity index (χ4n) is 3.96. The molecular weight excluding hydrogens is 342 g/mol. The molecule has 1 aliphatic carbocycles. The SMILES string of the molecule is CCc1ccc(C(=O)N2CCO[C@H]3CC[C@H]2[C@@H]3OCc2ccncc2)cn1. The van der Waals surface area contributed by atoms with Crippen LogP contribution in [0.15, 0.2) is 42.9 Å². The predicted molar refractivity (Wildman–Crippen MR) is 100 cm³/mol. The van der Waals surface area contributed by atoms with Crippen molar-refractivity contribution in [3.05, 3.63) is 59.7 Å². The Hall–Kier alpha value is -2.31. The number of carbonyl (C=O) groups excluding carboxylic acids is 1. The van der Waals surface area contributed by atoms with E-state index in [1.165, 1.54) is 0 Å². The molecule has 2 aliphatic rings. The average Bonchev–Trinajstić information content (AvgIpc) is 3.02. The van der Waals surface area contributed by atoms with Crippen LogP contribution in [0.3, 0.4) is 0 Å². The van der Waals surface area contributed by atoms with E-state index >= 15 is 0 Å². The highest BCUT2D eigenvalue weighted by atomic mass is 16.5. The Balaban J connectivity index is 1.50. The summed E-state index contributed by atoms with van der Waals surface area (Å²) in [5.41, 5.74) is 2.70. The Kier molecular flexibility index (Phi) is 5.45. The first kappa shape index (κ1) is 18.1. The van der Waals surface area contributed by atoms with Gasteiger partial charge < -0.3 is 14.4 Å². The molecule has 142 valence electrons. The number of ether oxygens (including phenoxy) is 2. The van der Waals surface area contributed by atoms with Crippen molar-refractivity contribution in [2.45, 2.75) is 51.0 Å². The molecule has 1 saturated heterocycles. The summed E-state index contributed by atoms with van der Waals surface area (Å²) in [6.45, 7) is 3.69. The summed E-state index contributed by atoms with van der Waals surface area (Å²) in [6.07, 6.45) is 7.84. The third-order valence-electron chi connectivity index (χ3n) is 5.44. The first-order chi connectivity index (χ1) is 13.3. The number of nitrogens with zero attached hydrogens (tertiary/aromatic N) is 3. The zero-order valence-corrected chi connectivity index (χ0v) is 15.6. The van der Waals surface area contributed by atoms with Crippen molar-refractivity contribution in [1.29, 1.82) is 0 Å². The molecule has 4 rings (SSSR count). The number of amides is 1. The number of aromatic nitrogens is 2. The largest absolute Gasteiger partial charge is 0.374 e. The molecule has 6 heteroatoms. The van der Waals surface area contributed by atoms with E-state index in [4.69, 9.17) is 9.47 Å². The molecule has 0 aromatic carbocycles. The van der Waals surface area contributed by atoms with Gasteiger partial charge >= 0.3 is 0 Å². The number of carbonyl (C=O) groups is 1. The van der Waals surface area contributed by atoms with E-state index in [0.29, 0.717) is 25.3 Å². The molecule has 2 fully saturated rings. The van der Waals surface area contributed by atoms with Crippen molar-refractivity contribution in [3.63, 3.8) is 0 Å². The maximum atomic E-state index is 13.1. The molecule has 2 aromatic rings. The van der Waals surface area contributed by atoms with Gasteiger partial charge in [-0.15, -0.1) is 0 Å². The number of hydrogen-bond donors (Lipinski definition) is 0. The minimum absolute atomic E-state index is 0.0128. The normalized spacial score (nSPS) is 24.6. The van der Waals surface area contributed by atoms with Crippen molar-refractivity contribution in [3.8, 4) is 0 Å². The molecule has 3 atom stereocenters. The van der Waals surface area contributed by atoms with Crippen LogP contribution in [-0.4, -0.2) is 52.2 Å². The lowest BCUT2D eigenvalue weighted by molar-refractivity contribution is -0.0597. The van der Waals surface area contributed by atoms with E-state index in [9.17, 15) is 4.79 Å². The molecule has 1 aliphatic heterocycles. The van der Waals surface area contributed by atoms with Crippen molar-refractivity contribution in [1.82, 2.24) is 14.9 Å². The van der Waals surface area contributed by atoms with Gasteiger partial charge in [-0.1, -0.05) is 6.92 Å². The lowest BCUT2D eigenvalue weighted by Crippen LogP contribution is -2.46. The monoisotopic (exact) mass is 367 g/mol. The van der Waals surface area contributed by atoms with Crippen molar-refractivity contribution < 1.29 is 14.3 Å². The highest BCUT2D eigenvalue weighted by Crippen LogP contribution is 2.33. The van der Waals surface area contributed by atoms with E-state index in [2.05, 4.69) is 16.9 Å². The van der Waals surface area contributed by atoms with Gasteiger partial charge in [0.15, 0.2) is 0 Å². The van der Waals surface area contributed by atoms with Crippen LogP contribution < -0.4 is 0 Å². The van der Waals surface area contributed by atoms with Crippen LogP contribution >= 0.6 is 0 Å². The van der Waals surface area contributed by atoms with Gasteiger partial charge in [-0.2, -0.15) is 0 Å². The number of hydrogen-bond acceptors (Lipinski definition) is 5. The lowest BCUT2D eigenvalue weighted by atomic mass is 10.1. The third kappa shape index (κ3) is 3.87. The zero-order valence-electron chi connectivity index (χ0n) is 15.6. The van der Waals surface area contributed by atoms with Gasteiger partial charge in [-0.05, 0) is 49.1 Å². The van der Waals surface area contributed by atoms with Gasteiger partial charge in [0.25, 0.3) is 5.91 Å². The molecule has 6 nitrogen and oxygen atoms in total. The predicted octanol–water partition coefficient (Wildman–Crippen LogP) is 2.63. The topological polar surface area (TPSA) is 64.6 Å². The molecule has 1 saturated carbocycles. The van der Waals surface area contributed by atoms with Crippen LogP contribution in [0.1, 0.15) is 41.4 Å².